The fourth-order valence-electron chi connectivity index (χ4n) is 1.97. The molecule has 1 fully saturated rings. The molecule has 92 valence electrons. The SMILES string of the molecule is CCNS(=O)(=O)NC1(C#N)CCC(C)CC1. The molecule has 0 aliphatic heterocycles. The van der Waals surface area contributed by atoms with E-state index >= 15 is 0 Å². The molecule has 16 heavy (non-hydrogen) atoms. The summed E-state index contributed by atoms with van der Waals surface area (Å²) in [5, 5.41) is 9.15. The summed E-state index contributed by atoms with van der Waals surface area (Å²) in [6, 6.07) is 2.12. The summed E-state index contributed by atoms with van der Waals surface area (Å²) in [6.45, 7) is 4.16. The van der Waals surface area contributed by atoms with E-state index in [1.807, 2.05) is 0 Å². The van der Waals surface area contributed by atoms with Crippen LogP contribution < -0.4 is 9.44 Å². The zero-order valence-corrected chi connectivity index (χ0v) is 10.6. The van der Waals surface area contributed by atoms with Crippen LogP contribution in [0.1, 0.15) is 39.5 Å². The second kappa shape index (κ2) is 5.13. The summed E-state index contributed by atoms with van der Waals surface area (Å²) in [5.41, 5.74) is -0.909. The van der Waals surface area contributed by atoms with Gasteiger partial charge in [0.1, 0.15) is 5.54 Å². The lowest BCUT2D eigenvalue weighted by molar-refractivity contribution is 0.277. The van der Waals surface area contributed by atoms with Gasteiger partial charge in [-0.1, -0.05) is 13.8 Å². The van der Waals surface area contributed by atoms with E-state index in [-0.39, 0.29) is 0 Å². The van der Waals surface area contributed by atoms with Crippen molar-refractivity contribution in [3.63, 3.8) is 0 Å². The summed E-state index contributed by atoms with van der Waals surface area (Å²) in [5.74, 6) is 0.574. The Balaban J connectivity index is 2.73. The maximum absolute atomic E-state index is 11.6. The Morgan fingerprint density at radius 2 is 2.00 bits per heavy atom. The van der Waals surface area contributed by atoms with E-state index in [4.69, 9.17) is 5.26 Å². The number of nitrogens with one attached hydrogen (secondary N) is 2. The highest BCUT2D eigenvalue weighted by Crippen LogP contribution is 2.31. The van der Waals surface area contributed by atoms with Crippen LogP contribution in [0, 0.1) is 17.2 Å². The van der Waals surface area contributed by atoms with Crippen molar-refractivity contribution in [1.29, 1.82) is 5.26 Å². The van der Waals surface area contributed by atoms with Gasteiger partial charge in [-0.15, -0.1) is 0 Å². The van der Waals surface area contributed by atoms with Crippen molar-refractivity contribution >= 4 is 10.2 Å². The van der Waals surface area contributed by atoms with Crippen LogP contribution in [-0.2, 0) is 10.2 Å². The van der Waals surface area contributed by atoms with Crippen LogP contribution in [0.4, 0.5) is 0 Å². The monoisotopic (exact) mass is 245 g/mol. The van der Waals surface area contributed by atoms with Crippen molar-refractivity contribution in [2.45, 2.75) is 45.1 Å². The normalized spacial score (nSPS) is 30.9. The van der Waals surface area contributed by atoms with Crippen molar-refractivity contribution < 1.29 is 8.42 Å². The Kier molecular flexibility index (Phi) is 4.30. The van der Waals surface area contributed by atoms with Gasteiger partial charge in [0.2, 0.25) is 0 Å². The first-order chi connectivity index (χ1) is 7.43. The van der Waals surface area contributed by atoms with Crippen LogP contribution in [0.2, 0.25) is 0 Å². The minimum absolute atomic E-state index is 0.327. The van der Waals surface area contributed by atoms with Crippen LogP contribution in [0.15, 0.2) is 0 Å². The Labute approximate surface area is 97.4 Å². The lowest BCUT2D eigenvalue weighted by Crippen LogP contribution is -2.53. The minimum Gasteiger partial charge on any atom is -0.203 e. The topological polar surface area (TPSA) is 82.0 Å². The maximum Gasteiger partial charge on any atom is 0.278 e. The molecule has 0 saturated heterocycles. The van der Waals surface area contributed by atoms with E-state index in [0.29, 0.717) is 25.3 Å². The Hall–Kier alpha value is -0.640. The lowest BCUT2D eigenvalue weighted by Gasteiger charge is -2.33. The zero-order chi connectivity index (χ0) is 12.2. The first-order valence-corrected chi connectivity index (χ1v) is 7.11. The van der Waals surface area contributed by atoms with E-state index in [9.17, 15) is 8.42 Å². The van der Waals surface area contributed by atoms with Gasteiger partial charge in [-0.05, 0) is 31.6 Å². The Morgan fingerprint density at radius 3 is 2.44 bits per heavy atom. The van der Waals surface area contributed by atoms with Crippen LogP contribution in [-0.4, -0.2) is 20.5 Å². The summed E-state index contributed by atoms with van der Waals surface area (Å²) in [7, 11) is -3.54. The van der Waals surface area contributed by atoms with Crippen molar-refractivity contribution in [1.82, 2.24) is 9.44 Å². The molecule has 0 heterocycles. The second-order valence-corrected chi connectivity index (χ2v) is 5.98. The van der Waals surface area contributed by atoms with Crippen LogP contribution >= 0.6 is 0 Å². The smallest absolute Gasteiger partial charge is 0.203 e. The highest BCUT2D eigenvalue weighted by molar-refractivity contribution is 7.87. The van der Waals surface area contributed by atoms with Gasteiger partial charge in [0.05, 0.1) is 6.07 Å². The molecule has 0 aromatic heterocycles. The molecule has 0 aromatic rings. The molecule has 1 aliphatic rings. The number of nitriles is 1. The average Bonchev–Trinajstić information content (AvgIpc) is 2.21. The Morgan fingerprint density at radius 1 is 1.44 bits per heavy atom. The van der Waals surface area contributed by atoms with E-state index in [2.05, 4.69) is 22.4 Å². The third-order valence-electron chi connectivity index (χ3n) is 3.01. The standard InChI is InChI=1S/C10H19N3O2S/c1-3-12-16(14,15)13-10(8-11)6-4-9(2)5-7-10/h9,12-13H,3-7H2,1-2H3. The molecule has 1 rings (SSSR count). The molecular weight excluding hydrogens is 226 g/mol. The maximum atomic E-state index is 11.6. The van der Waals surface area contributed by atoms with Gasteiger partial charge in [0, 0.05) is 6.54 Å². The highest BCUT2D eigenvalue weighted by Gasteiger charge is 2.37. The third-order valence-corrected chi connectivity index (χ3v) is 4.33. The first kappa shape index (κ1) is 13.4. The van der Waals surface area contributed by atoms with E-state index < -0.39 is 15.7 Å². The summed E-state index contributed by atoms with van der Waals surface area (Å²) in [4.78, 5) is 0. The molecule has 2 N–H and O–H groups in total. The lowest BCUT2D eigenvalue weighted by atomic mass is 9.79. The number of rotatable bonds is 4. The number of hydrogen-bond donors (Lipinski definition) is 2. The molecule has 0 aromatic carbocycles. The fraction of sp³-hybridized carbons (Fsp3) is 0.900. The van der Waals surface area contributed by atoms with Crippen molar-refractivity contribution in [3.8, 4) is 6.07 Å². The van der Waals surface area contributed by atoms with Gasteiger partial charge < -0.3 is 0 Å². The van der Waals surface area contributed by atoms with Crippen LogP contribution in [0.25, 0.3) is 0 Å². The van der Waals surface area contributed by atoms with Gasteiger partial charge in [-0.25, -0.2) is 4.72 Å². The molecule has 0 amide bonds. The molecule has 0 unspecified atom stereocenters. The quantitative estimate of drug-likeness (QED) is 0.772. The summed E-state index contributed by atoms with van der Waals surface area (Å²) in [6.07, 6.45) is 2.97. The minimum atomic E-state index is -3.54. The number of hydrogen-bond acceptors (Lipinski definition) is 3. The second-order valence-electron chi connectivity index (χ2n) is 4.48. The van der Waals surface area contributed by atoms with Crippen molar-refractivity contribution in [2.24, 2.45) is 5.92 Å². The molecule has 0 spiro atoms. The van der Waals surface area contributed by atoms with Gasteiger partial charge in [0.15, 0.2) is 0 Å². The van der Waals surface area contributed by atoms with Gasteiger partial charge in [0.25, 0.3) is 10.2 Å². The van der Waals surface area contributed by atoms with Crippen LogP contribution in [0.5, 0.6) is 0 Å². The zero-order valence-electron chi connectivity index (χ0n) is 9.78. The summed E-state index contributed by atoms with van der Waals surface area (Å²) < 4.78 is 28.0. The molecular formula is C10H19N3O2S. The molecule has 0 atom stereocenters. The largest absolute Gasteiger partial charge is 0.278 e. The van der Waals surface area contributed by atoms with Crippen molar-refractivity contribution in [3.05, 3.63) is 0 Å². The molecule has 0 bridgehead atoms. The van der Waals surface area contributed by atoms with Crippen LogP contribution in [0.3, 0.4) is 0 Å². The van der Waals surface area contributed by atoms with Crippen molar-refractivity contribution in [2.75, 3.05) is 6.54 Å². The fourth-order valence-corrected chi connectivity index (χ4v) is 3.19. The predicted molar refractivity (Wildman–Crippen MR) is 61.7 cm³/mol. The van der Waals surface area contributed by atoms with Gasteiger partial charge in [-0.2, -0.15) is 18.4 Å². The number of nitrogens with zero attached hydrogens (tertiary/aromatic N) is 1. The van der Waals surface area contributed by atoms with E-state index in [1.165, 1.54) is 0 Å². The first-order valence-electron chi connectivity index (χ1n) is 5.63. The van der Waals surface area contributed by atoms with Gasteiger partial charge in [-0.3, -0.25) is 0 Å². The molecule has 6 heteroatoms. The van der Waals surface area contributed by atoms with E-state index in [1.54, 1.807) is 6.92 Å². The highest BCUT2D eigenvalue weighted by atomic mass is 32.2. The Bertz CT molecular complexity index is 364. The molecule has 1 aliphatic carbocycles. The van der Waals surface area contributed by atoms with Gasteiger partial charge >= 0.3 is 0 Å². The predicted octanol–water partition coefficient (Wildman–Crippen LogP) is 0.903. The van der Waals surface area contributed by atoms with E-state index in [0.717, 1.165) is 12.8 Å². The average molecular weight is 245 g/mol. The molecule has 1 saturated carbocycles. The molecule has 5 nitrogen and oxygen atoms in total. The summed E-state index contributed by atoms with van der Waals surface area (Å²) >= 11 is 0. The molecule has 0 radical (unpaired) electrons. The third kappa shape index (κ3) is 3.44.